The average Bonchev–Trinajstić information content (AvgIpc) is 1.83. The van der Waals surface area contributed by atoms with Gasteiger partial charge >= 0.3 is 0 Å². The van der Waals surface area contributed by atoms with Gasteiger partial charge in [0.2, 0.25) is 0 Å². The zero-order valence-electron chi connectivity index (χ0n) is 4.83. The molecule has 0 N–H and O–H groups in total. The summed E-state index contributed by atoms with van der Waals surface area (Å²) in [5.41, 5.74) is 0. The fourth-order valence-electron chi connectivity index (χ4n) is 0.853. The van der Waals surface area contributed by atoms with Crippen molar-refractivity contribution in [2.75, 3.05) is 0 Å². The lowest BCUT2D eigenvalue weighted by Gasteiger charge is -2.16. The predicted octanol–water partition coefficient (Wildman–Crippen LogP) is 3.94. The summed E-state index contributed by atoms with van der Waals surface area (Å²) in [7, 11) is 0. The second kappa shape index (κ2) is 3.54. The lowest BCUT2D eigenvalue weighted by Crippen LogP contribution is -2.04. The Morgan fingerprint density at radius 1 is 1.33 bits per heavy atom. The summed E-state index contributed by atoms with van der Waals surface area (Å²) in [6.45, 7) is 0. The van der Waals surface area contributed by atoms with E-state index in [1.54, 1.807) is 0 Å². The number of alkyl halides is 1. The Labute approximate surface area is 80.5 Å². The van der Waals surface area contributed by atoms with Crippen LogP contribution in [0.3, 0.4) is 0 Å². The van der Waals surface area contributed by atoms with Crippen LogP contribution in [0, 0.1) is 0 Å². The molecule has 0 aromatic heterocycles. The second-order valence-corrected chi connectivity index (χ2v) is 5.03. The number of allylic oxidation sites excluding steroid dienone is 2. The minimum Gasteiger partial charge on any atom is -0.0833 e. The maximum Gasteiger partial charge on any atom is 0.0469 e. The zero-order valence-corrected chi connectivity index (χ0v) is 9.59. The van der Waals surface area contributed by atoms with Crippen molar-refractivity contribution in [2.45, 2.75) is 24.1 Å². The smallest absolute Gasteiger partial charge is 0.0469 e. The summed E-state index contributed by atoms with van der Waals surface area (Å²) in [5, 5.41) is 0. The highest BCUT2D eigenvalue weighted by Crippen LogP contribution is 2.36. The van der Waals surface area contributed by atoms with Gasteiger partial charge in [0.1, 0.15) is 0 Å². The molecular formula is C6H7Br3. The first-order valence-electron chi connectivity index (χ1n) is 2.90. The Morgan fingerprint density at radius 2 is 2.00 bits per heavy atom. The third-order valence-electron chi connectivity index (χ3n) is 1.39. The molecule has 3 heteroatoms. The summed E-state index contributed by atoms with van der Waals surface area (Å²) < 4.78 is 2.60. The van der Waals surface area contributed by atoms with E-state index < -0.39 is 0 Å². The maximum atomic E-state index is 3.56. The molecule has 1 unspecified atom stereocenters. The van der Waals surface area contributed by atoms with Crippen molar-refractivity contribution in [3.05, 3.63) is 8.96 Å². The first-order chi connectivity index (χ1) is 4.22. The number of halogens is 3. The molecule has 0 saturated heterocycles. The molecule has 0 amide bonds. The van der Waals surface area contributed by atoms with Crippen molar-refractivity contribution in [2.24, 2.45) is 0 Å². The third kappa shape index (κ3) is 2.05. The lowest BCUT2D eigenvalue weighted by molar-refractivity contribution is 0.737. The summed E-state index contributed by atoms with van der Waals surface area (Å²) in [4.78, 5) is 0.542. The fourth-order valence-corrected chi connectivity index (χ4v) is 2.74. The Morgan fingerprint density at radius 3 is 2.44 bits per heavy atom. The Bertz CT molecular complexity index is 139. The van der Waals surface area contributed by atoms with Gasteiger partial charge in [-0.2, -0.15) is 0 Å². The molecule has 0 saturated carbocycles. The van der Waals surface area contributed by atoms with Gasteiger partial charge in [-0.1, -0.05) is 47.8 Å². The normalized spacial score (nSPS) is 29.0. The SMILES string of the molecule is BrC1=C(Br)C(Br)CCC1. The maximum absolute atomic E-state index is 3.56. The Kier molecular flexibility index (Phi) is 3.25. The summed E-state index contributed by atoms with van der Waals surface area (Å²) in [5.74, 6) is 0. The van der Waals surface area contributed by atoms with Gasteiger partial charge in [0.15, 0.2) is 0 Å². The van der Waals surface area contributed by atoms with Crippen LogP contribution in [-0.2, 0) is 0 Å². The van der Waals surface area contributed by atoms with E-state index in [4.69, 9.17) is 0 Å². The van der Waals surface area contributed by atoms with Gasteiger partial charge in [0.25, 0.3) is 0 Å². The molecule has 52 valence electrons. The molecule has 0 aromatic carbocycles. The van der Waals surface area contributed by atoms with Gasteiger partial charge in [0, 0.05) is 13.8 Å². The van der Waals surface area contributed by atoms with Crippen LogP contribution >= 0.6 is 47.8 Å². The standard InChI is InChI=1S/C6H7Br3/c7-4-2-1-3-5(8)6(4)9/h4H,1-3H2. The minimum atomic E-state index is 0.542. The highest BCUT2D eigenvalue weighted by atomic mass is 79.9. The predicted molar refractivity (Wildman–Crippen MR) is 51.4 cm³/mol. The van der Waals surface area contributed by atoms with E-state index in [0.717, 1.165) is 0 Å². The van der Waals surface area contributed by atoms with Gasteiger partial charge in [-0.3, -0.25) is 0 Å². The molecule has 0 fully saturated rings. The molecule has 1 atom stereocenters. The van der Waals surface area contributed by atoms with Gasteiger partial charge < -0.3 is 0 Å². The number of rotatable bonds is 0. The van der Waals surface area contributed by atoms with Crippen LogP contribution in [-0.4, -0.2) is 4.83 Å². The van der Waals surface area contributed by atoms with Crippen molar-refractivity contribution in [3.8, 4) is 0 Å². The highest BCUT2D eigenvalue weighted by Gasteiger charge is 2.16. The number of hydrogen-bond acceptors (Lipinski definition) is 0. The Hall–Kier alpha value is 1.18. The number of hydrogen-bond donors (Lipinski definition) is 0. The van der Waals surface area contributed by atoms with E-state index >= 15 is 0 Å². The van der Waals surface area contributed by atoms with Crippen LogP contribution in [0.25, 0.3) is 0 Å². The van der Waals surface area contributed by atoms with Crippen molar-refractivity contribution in [3.63, 3.8) is 0 Å². The minimum absolute atomic E-state index is 0.542. The van der Waals surface area contributed by atoms with E-state index in [0.29, 0.717) is 4.83 Å². The van der Waals surface area contributed by atoms with E-state index in [1.807, 2.05) is 0 Å². The average molecular weight is 319 g/mol. The van der Waals surface area contributed by atoms with Crippen LogP contribution in [0.2, 0.25) is 0 Å². The molecule has 0 nitrogen and oxygen atoms in total. The van der Waals surface area contributed by atoms with Crippen molar-refractivity contribution >= 4 is 47.8 Å². The van der Waals surface area contributed by atoms with Gasteiger partial charge in [0.05, 0.1) is 0 Å². The molecule has 0 radical (unpaired) electrons. The largest absolute Gasteiger partial charge is 0.0833 e. The molecule has 1 rings (SSSR count). The summed E-state index contributed by atoms with van der Waals surface area (Å²) in [6, 6.07) is 0. The van der Waals surface area contributed by atoms with E-state index in [-0.39, 0.29) is 0 Å². The van der Waals surface area contributed by atoms with Crippen LogP contribution in [0.15, 0.2) is 8.96 Å². The molecule has 0 spiro atoms. The first kappa shape index (κ1) is 8.28. The summed E-state index contributed by atoms with van der Waals surface area (Å²) in [6.07, 6.45) is 3.71. The third-order valence-corrected chi connectivity index (χ3v) is 5.31. The molecule has 0 aliphatic heterocycles. The van der Waals surface area contributed by atoms with Crippen molar-refractivity contribution < 1.29 is 0 Å². The van der Waals surface area contributed by atoms with Crippen molar-refractivity contribution in [1.29, 1.82) is 0 Å². The van der Waals surface area contributed by atoms with Crippen molar-refractivity contribution in [1.82, 2.24) is 0 Å². The molecule has 1 aliphatic rings. The Balaban J connectivity index is 2.72. The fraction of sp³-hybridized carbons (Fsp3) is 0.667. The van der Waals surface area contributed by atoms with Crippen LogP contribution in [0.1, 0.15) is 19.3 Å². The van der Waals surface area contributed by atoms with E-state index in [2.05, 4.69) is 47.8 Å². The van der Waals surface area contributed by atoms with Crippen LogP contribution < -0.4 is 0 Å². The van der Waals surface area contributed by atoms with Gasteiger partial charge in [-0.25, -0.2) is 0 Å². The van der Waals surface area contributed by atoms with E-state index in [1.165, 1.54) is 28.2 Å². The molecular weight excluding hydrogens is 312 g/mol. The topological polar surface area (TPSA) is 0 Å². The molecule has 9 heavy (non-hydrogen) atoms. The first-order valence-corrected chi connectivity index (χ1v) is 5.40. The molecule has 0 heterocycles. The quantitative estimate of drug-likeness (QED) is 0.594. The molecule has 0 bridgehead atoms. The molecule has 0 aromatic rings. The van der Waals surface area contributed by atoms with Crippen LogP contribution in [0.5, 0.6) is 0 Å². The monoisotopic (exact) mass is 316 g/mol. The van der Waals surface area contributed by atoms with Gasteiger partial charge in [-0.15, -0.1) is 0 Å². The summed E-state index contributed by atoms with van der Waals surface area (Å²) >= 11 is 10.6. The zero-order chi connectivity index (χ0) is 6.85. The van der Waals surface area contributed by atoms with E-state index in [9.17, 15) is 0 Å². The van der Waals surface area contributed by atoms with Crippen LogP contribution in [0.4, 0.5) is 0 Å². The lowest BCUT2D eigenvalue weighted by atomic mass is 10.1. The molecule has 1 aliphatic carbocycles. The van der Waals surface area contributed by atoms with Gasteiger partial charge in [-0.05, 0) is 19.3 Å². The highest BCUT2D eigenvalue weighted by molar-refractivity contribution is 9.15. The second-order valence-electron chi connectivity index (χ2n) is 2.11.